The van der Waals surface area contributed by atoms with Crippen molar-refractivity contribution in [2.75, 3.05) is 20.2 Å². The minimum absolute atomic E-state index is 0.0680. The molecule has 0 aliphatic carbocycles. The molecular weight excluding hydrogens is 250 g/mol. The van der Waals surface area contributed by atoms with Gasteiger partial charge < -0.3 is 9.64 Å². The Bertz CT molecular complexity index is 470. The van der Waals surface area contributed by atoms with Gasteiger partial charge in [0.25, 0.3) is 0 Å². The lowest BCUT2D eigenvalue weighted by Crippen LogP contribution is -2.37. The number of benzene rings is 1. The molecule has 1 aromatic carbocycles. The highest BCUT2D eigenvalue weighted by Gasteiger charge is 2.18. The molecule has 1 saturated heterocycles. The number of ketones is 1. The van der Waals surface area contributed by atoms with Crippen molar-refractivity contribution in [3.8, 4) is 5.75 Å². The van der Waals surface area contributed by atoms with Crippen molar-refractivity contribution in [2.24, 2.45) is 0 Å². The molecular formula is C17H25NO2. The van der Waals surface area contributed by atoms with Gasteiger partial charge in [-0.2, -0.15) is 0 Å². The molecule has 1 heterocycles. The van der Waals surface area contributed by atoms with Crippen LogP contribution in [0.2, 0.25) is 0 Å². The second-order valence-electron chi connectivity index (χ2n) is 5.82. The van der Waals surface area contributed by atoms with Crippen molar-refractivity contribution in [3.63, 3.8) is 0 Å². The fraction of sp³-hybridized carbons (Fsp3) is 0.588. The summed E-state index contributed by atoms with van der Waals surface area (Å²) in [5, 5.41) is 0. The summed E-state index contributed by atoms with van der Waals surface area (Å²) in [6.07, 6.45) is 4.91. The van der Waals surface area contributed by atoms with Gasteiger partial charge in [-0.05, 0) is 58.8 Å². The SMILES string of the molecule is CC(=O)c1cc(C)ccc1OCCC1CCCCN1C. The van der Waals surface area contributed by atoms with Crippen molar-refractivity contribution in [2.45, 2.75) is 45.6 Å². The lowest BCUT2D eigenvalue weighted by Gasteiger charge is -2.32. The Kier molecular flexibility index (Phi) is 5.18. The van der Waals surface area contributed by atoms with Gasteiger partial charge in [0, 0.05) is 6.04 Å². The highest BCUT2D eigenvalue weighted by molar-refractivity contribution is 5.97. The van der Waals surface area contributed by atoms with E-state index in [1.165, 1.54) is 25.8 Å². The number of ether oxygens (including phenoxy) is 1. The molecule has 1 aromatic rings. The van der Waals surface area contributed by atoms with Crippen LogP contribution >= 0.6 is 0 Å². The first-order chi connectivity index (χ1) is 9.58. The molecule has 2 rings (SSSR count). The molecule has 1 atom stereocenters. The minimum Gasteiger partial charge on any atom is -0.493 e. The quantitative estimate of drug-likeness (QED) is 0.771. The minimum atomic E-state index is 0.0680. The monoisotopic (exact) mass is 275 g/mol. The Morgan fingerprint density at radius 2 is 2.20 bits per heavy atom. The number of hydrogen-bond donors (Lipinski definition) is 0. The second kappa shape index (κ2) is 6.89. The molecule has 0 aromatic heterocycles. The normalized spacial score (nSPS) is 19.9. The molecule has 110 valence electrons. The summed E-state index contributed by atoms with van der Waals surface area (Å²) in [5.41, 5.74) is 1.79. The molecule has 1 fully saturated rings. The molecule has 3 nitrogen and oxygen atoms in total. The van der Waals surface area contributed by atoms with Crippen molar-refractivity contribution in [3.05, 3.63) is 29.3 Å². The standard InChI is InChI=1S/C17H25NO2/c1-13-7-8-17(16(12-13)14(2)19)20-11-9-15-6-4-5-10-18(15)3/h7-8,12,15H,4-6,9-11H2,1-3H3. The molecule has 1 aliphatic rings. The van der Waals surface area contributed by atoms with Crippen molar-refractivity contribution >= 4 is 5.78 Å². The first-order valence-electron chi connectivity index (χ1n) is 7.52. The molecule has 0 bridgehead atoms. The van der Waals surface area contributed by atoms with Crippen LogP contribution in [0.1, 0.15) is 48.5 Å². The molecule has 0 amide bonds. The van der Waals surface area contributed by atoms with Gasteiger partial charge in [-0.1, -0.05) is 18.1 Å². The summed E-state index contributed by atoms with van der Waals surface area (Å²) in [4.78, 5) is 14.1. The number of carbonyl (C=O) groups excluding carboxylic acids is 1. The van der Waals surface area contributed by atoms with Crippen LogP contribution in [0, 0.1) is 6.92 Å². The molecule has 0 spiro atoms. The first-order valence-corrected chi connectivity index (χ1v) is 7.52. The van der Waals surface area contributed by atoms with Crippen LogP contribution in [0.15, 0.2) is 18.2 Å². The van der Waals surface area contributed by atoms with E-state index in [1.807, 2.05) is 25.1 Å². The Morgan fingerprint density at radius 3 is 2.90 bits per heavy atom. The highest BCUT2D eigenvalue weighted by Crippen LogP contribution is 2.22. The third kappa shape index (κ3) is 3.83. The van der Waals surface area contributed by atoms with E-state index in [4.69, 9.17) is 4.74 Å². The van der Waals surface area contributed by atoms with Crippen molar-refractivity contribution in [1.82, 2.24) is 4.90 Å². The predicted molar refractivity (Wildman–Crippen MR) is 81.6 cm³/mol. The number of Topliss-reactive ketones (excluding diaryl/α,β-unsaturated/α-hetero) is 1. The Morgan fingerprint density at radius 1 is 1.40 bits per heavy atom. The van der Waals surface area contributed by atoms with Crippen LogP contribution in [0.5, 0.6) is 5.75 Å². The summed E-state index contributed by atoms with van der Waals surface area (Å²) in [5.74, 6) is 0.792. The zero-order chi connectivity index (χ0) is 14.5. The van der Waals surface area contributed by atoms with Crippen molar-refractivity contribution < 1.29 is 9.53 Å². The molecule has 0 saturated carbocycles. The molecule has 20 heavy (non-hydrogen) atoms. The zero-order valence-corrected chi connectivity index (χ0v) is 12.8. The maximum Gasteiger partial charge on any atom is 0.163 e. The topological polar surface area (TPSA) is 29.5 Å². The number of rotatable bonds is 5. The first kappa shape index (κ1) is 15.0. The average molecular weight is 275 g/mol. The Labute approximate surface area is 121 Å². The number of piperidine rings is 1. The van der Waals surface area contributed by atoms with Crippen LogP contribution in [0.25, 0.3) is 0 Å². The fourth-order valence-electron chi connectivity index (χ4n) is 2.86. The van der Waals surface area contributed by atoms with Gasteiger partial charge in [0.15, 0.2) is 5.78 Å². The second-order valence-corrected chi connectivity index (χ2v) is 5.82. The van der Waals surface area contributed by atoms with Crippen molar-refractivity contribution in [1.29, 1.82) is 0 Å². The third-order valence-electron chi connectivity index (χ3n) is 4.14. The van der Waals surface area contributed by atoms with Gasteiger partial charge in [-0.25, -0.2) is 0 Å². The molecule has 1 unspecified atom stereocenters. The molecule has 0 N–H and O–H groups in total. The predicted octanol–water partition coefficient (Wildman–Crippen LogP) is 3.45. The van der Waals surface area contributed by atoms with Crippen LogP contribution < -0.4 is 4.74 Å². The number of nitrogens with zero attached hydrogens (tertiary/aromatic N) is 1. The molecule has 1 aliphatic heterocycles. The van der Waals surface area contributed by atoms with E-state index in [0.717, 1.165) is 17.7 Å². The van der Waals surface area contributed by atoms with Crippen LogP contribution in [-0.4, -0.2) is 36.9 Å². The summed E-state index contributed by atoms with van der Waals surface area (Å²) in [7, 11) is 2.19. The number of carbonyl (C=O) groups is 1. The maximum atomic E-state index is 11.6. The van der Waals surface area contributed by atoms with Gasteiger partial charge in [0.1, 0.15) is 5.75 Å². The van der Waals surface area contributed by atoms with Crippen LogP contribution in [-0.2, 0) is 0 Å². The van der Waals surface area contributed by atoms with E-state index < -0.39 is 0 Å². The zero-order valence-electron chi connectivity index (χ0n) is 12.8. The summed E-state index contributed by atoms with van der Waals surface area (Å²) >= 11 is 0. The number of likely N-dealkylation sites (tertiary alicyclic amines) is 1. The van der Waals surface area contributed by atoms with E-state index in [9.17, 15) is 4.79 Å². The fourth-order valence-corrected chi connectivity index (χ4v) is 2.86. The maximum absolute atomic E-state index is 11.6. The lowest BCUT2D eigenvalue weighted by atomic mass is 10.0. The van der Waals surface area contributed by atoms with Gasteiger partial charge in [0.05, 0.1) is 12.2 Å². The third-order valence-corrected chi connectivity index (χ3v) is 4.14. The van der Waals surface area contributed by atoms with E-state index in [2.05, 4.69) is 11.9 Å². The molecule has 0 radical (unpaired) electrons. The summed E-state index contributed by atoms with van der Waals surface area (Å²) in [6.45, 7) is 5.45. The van der Waals surface area contributed by atoms with Crippen LogP contribution in [0.4, 0.5) is 0 Å². The Balaban J connectivity index is 1.92. The van der Waals surface area contributed by atoms with E-state index >= 15 is 0 Å². The van der Waals surface area contributed by atoms with Gasteiger partial charge in [0.2, 0.25) is 0 Å². The summed E-state index contributed by atoms with van der Waals surface area (Å²) in [6, 6.07) is 6.44. The van der Waals surface area contributed by atoms with Crippen LogP contribution in [0.3, 0.4) is 0 Å². The smallest absolute Gasteiger partial charge is 0.163 e. The lowest BCUT2D eigenvalue weighted by molar-refractivity contribution is 0.101. The van der Waals surface area contributed by atoms with E-state index in [-0.39, 0.29) is 5.78 Å². The number of aryl methyl sites for hydroxylation is 1. The van der Waals surface area contributed by atoms with Gasteiger partial charge in [-0.3, -0.25) is 4.79 Å². The molecule has 3 heteroatoms. The van der Waals surface area contributed by atoms with E-state index in [0.29, 0.717) is 18.2 Å². The van der Waals surface area contributed by atoms with Gasteiger partial charge in [-0.15, -0.1) is 0 Å². The average Bonchev–Trinajstić information content (AvgIpc) is 2.42. The Hall–Kier alpha value is -1.35. The van der Waals surface area contributed by atoms with Gasteiger partial charge >= 0.3 is 0 Å². The largest absolute Gasteiger partial charge is 0.493 e. The van der Waals surface area contributed by atoms with E-state index in [1.54, 1.807) is 6.92 Å². The number of hydrogen-bond acceptors (Lipinski definition) is 3. The highest BCUT2D eigenvalue weighted by atomic mass is 16.5. The summed E-state index contributed by atoms with van der Waals surface area (Å²) < 4.78 is 5.86.